The van der Waals surface area contributed by atoms with E-state index in [0.717, 1.165) is 51.4 Å². The van der Waals surface area contributed by atoms with E-state index in [0.29, 0.717) is 25.7 Å². The Morgan fingerprint density at radius 3 is 1.97 bits per heavy atom. The molecule has 0 saturated heterocycles. The molecular weight excluding hydrogens is 392 g/mol. The summed E-state index contributed by atoms with van der Waals surface area (Å²) < 4.78 is 29.9. The first-order valence-electron chi connectivity index (χ1n) is 11.2. The average Bonchev–Trinajstić information content (AvgIpc) is 2.61. The molecule has 7 heteroatoms. The van der Waals surface area contributed by atoms with Crippen molar-refractivity contribution in [1.29, 1.82) is 0 Å². The van der Waals surface area contributed by atoms with E-state index >= 15 is 0 Å². The number of sulfone groups is 1. The number of aliphatic carboxylic acids is 1. The Morgan fingerprint density at radius 1 is 0.862 bits per heavy atom. The van der Waals surface area contributed by atoms with Gasteiger partial charge in [0.15, 0.2) is 0 Å². The Hall–Kier alpha value is -1.11. The molecule has 0 aliphatic heterocycles. The van der Waals surface area contributed by atoms with Gasteiger partial charge in [0.1, 0.15) is 15.9 Å². The van der Waals surface area contributed by atoms with E-state index in [1.54, 1.807) is 0 Å². The third kappa shape index (κ3) is 15.4. The summed E-state index contributed by atoms with van der Waals surface area (Å²) in [6, 6.07) is 0. The fourth-order valence-electron chi connectivity index (χ4n) is 3.33. The normalized spacial score (nSPS) is 14.0. The van der Waals surface area contributed by atoms with Gasteiger partial charge < -0.3 is 9.84 Å². The number of hydrogen-bond donors (Lipinski definition) is 1. The van der Waals surface area contributed by atoms with Crippen molar-refractivity contribution in [3.8, 4) is 0 Å². The van der Waals surface area contributed by atoms with E-state index in [9.17, 15) is 18.0 Å². The second kappa shape index (κ2) is 15.7. The van der Waals surface area contributed by atoms with Crippen molar-refractivity contribution in [2.24, 2.45) is 5.92 Å². The maximum Gasteiger partial charge on any atom is 0.308 e. The number of rotatable bonds is 18. The van der Waals surface area contributed by atoms with Crippen molar-refractivity contribution in [3.63, 3.8) is 0 Å². The van der Waals surface area contributed by atoms with E-state index in [4.69, 9.17) is 9.84 Å². The van der Waals surface area contributed by atoms with Crippen molar-refractivity contribution in [1.82, 2.24) is 0 Å². The van der Waals surface area contributed by atoms with Gasteiger partial charge in [-0.15, -0.1) is 0 Å². The molecule has 0 amide bonds. The van der Waals surface area contributed by atoms with Gasteiger partial charge in [-0.1, -0.05) is 52.9 Å². The lowest BCUT2D eigenvalue weighted by Gasteiger charge is -2.21. The molecule has 0 bridgehead atoms. The smallest absolute Gasteiger partial charge is 0.308 e. The molecule has 0 aromatic carbocycles. The van der Waals surface area contributed by atoms with Gasteiger partial charge in [0.05, 0.1) is 11.2 Å². The van der Waals surface area contributed by atoms with Crippen LogP contribution in [0.1, 0.15) is 104 Å². The molecule has 0 aliphatic carbocycles. The number of carbonyl (C=O) groups excluding carboxylic acids is 1. The number of esters is 1. The molecule has 0 saturated carbocycles. The topological polar surface area (TPSA) is 97.7 Å². The fraction of sp³-hybridized carbons (Fsp3) is 0.909. The quantitative estimate of drug-likeness (QED) is 0.237. The Bertz CT molecular complexity index is 556. The average molecular weight is 435 g/mol. The van der Waals surface area contributed by atoms with Gasteiger partial charge >= 0.3 is 11.9 Å². The minimum Gasteiger partial charge on any atom is -0.481 e. The van der Waals surface area contributed by atoms with Gasteiger partial charge in [-0.25, -0.2) is 8.42 Å². The van der Waals surface area contributed by atoms with Gasteiger partial charge in [0.25, 0.3) is 0 Å². The molecular formula is C22H42O6S. The standard InChI is InChI=1S/C22H42O6S/c1-5-6-9-13-19(28-22(25)18(2)3)14-12-16-20(29(4,26)27)15-10-7-8-11-17-21(23)24/h18-20H,5-17H2,1-4H3,(H,23,24). The van der Waals surface area contributed by atoms with Gasteiger partial charge in [-0.2, -0.15) is 0 Å². The van der Waals surface area contributed by atoms with Crippen LogP contribution < -0.4 is 0 Å². The molecule has 1 N–H and O–H groups in total. The second-order valence-corrected chi connectivity index (χ2v) is 10.8. The van der Waals surface area contributed by atoms with Crippen molar-refractivity contribution in [2.75, 3.05) is 6.26 Å². The van der Waals surface area contributed by atoms with E-state index < -0.39 is 15.8 Å². The number of carboxylic acids is 1. The molecule has 0 aromatic heterocycles. The molecule has 29 heavy (non-hydrogen) atoms. The highest BCUT2D eigenvalue weighted by atomic mass is 32.2. The molecule has 2 unspecified atom stereocenters. The number of unbranched alkanes of at least 4 members (excludes halogenated alkanes) is 5. The Labute approximate surface area is 177 Å². The summed E-state index contributed by atoms with van der Waals surface area (Å²) in [5.41, 5.74) is 0. The van der Waals surface area contributed by atoms with E-state index in [2.05, 4.69) is 6.92 Å². The second-order valence-electron chi connectivity index (χ2n) is 8.44. The zero-order valence-corrected chi connectivity index (χ0v) is 19.6. The summed E-state index contributed by atoms with van der Waals surface area (Å²) in [7, 11) is -3.13. The van der Waals surface area contributed by atoms with Crippen molar-refractivity contribution < 1.29 is 27.9 Å². The van der Waals surface area contributed by atoms with Crippen LogP contribution in [0.25, 0.3) is 0 Å². The van der Waals surface area contributed by atoms with Gasteiger partial charge in [0, 0.05) is 12.7 Å². The zero-order valence-electron chi connectivity index (χ0n) is 18.8. The molecule has 172 valence electrons. The number of carboxylic acid groups (broad SMARTS) is 1. The lowest BCUT2D eigenvalue weighted by Crippen LogP contribution is -2.24. The number of carbonyl (C=O) groups is 2. The molecule has 6 nitrogen and oxygen atoms in total. The summed E-state index contributed by atoms with van der Waals surface area (Å²) in [4.78, 5) is 22.5. The first-order chi connectivity index (χ1) is 13.6. The predicted octanol–water partition coefficient (Wildman–Crippen LogP) is 5.14. The Kier molecular flexibility index (Phi) is 15.1. The van der Waals surface area contributed by atoms with Crippen LogP contribution in [0.4, 0.5) is 0 Å². The first-order valence-corrected chi connectivity index (χ1v) is 13.1. The van der Waals surface area contributed by atoms with Crippen LogP contribution in [-0.4, -0.2) is 43.1 Å². The van der Waals surface area contributed by atoms with E-state index in [1.165, 1.54) is 6.26 Å². The maximum atomic E-state index is 12.1. The lowest BCUT2D eigenvalue weighted by molar-refractivity contribution is -0.153. The third-order valence-electron chi connectivity index (χ3n) is 5.21. The minimum atomic E-state index is -3.13. The van der Waals surface area contributed by atoms with Crippen molar-refractivity contribution in [3.05, 3.63) is 0 Å². The van der Waals surface area contributed by atoms with E-state index in [-0.39, 0.29) is 29.7 Å². The number of hydrogen-bond acceptors (Lipinski definition) is 5. The molecule has 0 aromatic rings. The van der Waals surface area contributed by atoms with Gasteiger partial charge in [-0.3, -0.25) is 9.59 Å². The van der Waals surface area contributed by atoms with Crippen LogP contribution in [0.5, 0.6) is 0 Å². The fourth-order valence-corrected chi connectivity index (χ4v) is 4.52. The molecule has 0 spiro atoms. The monoisotopic (exact) mass is 434 g/mol. The molecule has 2 atom stereocenters. The SMILES string of the molecule is CCCCCC(CCCC(CCCCCCC(=O)O)S(C)(=O)=O)OC(=O)C(C)C. The highest BCUT2D eigenvalue weighted by Gasteiger charge is 2.22. The number of ether oxygens (including phenoxy) is 1. The minimum absolute atomic E-state index is 0.132. The van der Waals surface area contributed by atoms with Crippen molar-refractivity contribution >= 4 is 21.8 Å². The molecule has 0 heterocycles. The maximum absolute atomic E-state index is 12.1. The summed E-state index contributed by atoms with van der Waals surface area (Å²) in [5.74, 6) is -1.13. The van der Waals surface area contributed by atoms with Gasteiger partial charge in [-0.05, 0) is 44.9 Å². The molecule has 0 fully saturated rings. The summed E-state index contributed by atoms with van der Waals surface area (Å²) in [6.07, 6.45) is 11.1. The van der Waals surface area contributed by atoms with Crippen LogP contribution in [0.2, 0.25) is 0 Å². The Balaban J connectivity index is 4.47. The summed E-state index contributed by atoms with van der Waals surface area (Å²) in [5, 5.41) is 8.27. The molecule has 0 rings (SSSR count). The van der Waals surface area contributed by atoms with Crippen LogP contribution in [0.3, 0.4) is 0 Å². The Morgan fingerprint density at radius 2 is 1.41 bits per heavy atom. The molecule has 0 radical (unpaired) electrons. The first kappa shape index (κ1) is 27.9. The van der Waals surface area contributed by atoms with Crippen LogP contribution in [-0.2, 0) is 24.2 Å². The lowest BCUT2D eigenvalue weighted by atomic mass is 10.0. The van der Waals surface area contributed by atoms with Crippen molar-refractivity contribution in [2.45, 2.75) is 116 Å². The van der Waals surface area contributed by atoms with Gasteiger partial charge in [0.2, 0.25) is 0 Å². The largest absolute Gasteiger partial charge is 0.481 e. The highest BCUT2D eigenvalue weighted by Crippen LogP contribution is 2.21. The van der Waals surface area contributed by atoms with Crippen LogP contribution >= 0.6 is 0 Å². The summed E-state index contributed by atoms with van der Waals surface area (Å²) >= 11 is 0. The van der Waals surface area contributed by atoms with Crippen LogP contribution in [0.15, 0.2) is 0 Å². The summed E-state index contributed by atoms with van der Waals surface area (Å²) in [6.45, 7) is 5.77. The highest BCUT2D eigenvalue weighted by molar-refractivity contribution is 7.91. The predicted molar refractivity (Wildman–Crippen MR) is 117 cm³/mol. The van der Waals surface area contributed by atoms with E-state index in [1.807, 2.05) is 13.8 Å². The van der Waals surface area contributed by atoms with Crippen LogP contribution in [0, 0.1) is 5.92 Å². The zero-order chi connectivity index (χ0) is 22.3. The third-order valence-corrected chi connectivity index (χ3v) is 6.89. The molecule has 0 aliphatic rings.